The van der Waals surface area contributed by atoms with E-state index in [1.807, 2.05) is 18.2 Å². The van der Waals surface area contributed by atoms with Crippen LogP contribution >= 0.6 is 27.5 Å². The molecule has 2 nitrogen and oxygen atoms in total. The van der Waals surface area contributed by atoms with Crippen molar-refractivity contribution in [3.05, 3.63) is 62.8 Å². The van der Waals surface area contributed by atoms with Crippen LogP contribution in [0.3, 0.4) is 0 Å². The topological polar surface area (TPSA) is 21.3 Å². The van der Waals surface area contributed by atoms with Crippen LogP contribution in [0.25, 0.3) is 0 Å². The highest BCUT2D eigenvalue weighted by Crippen LogP contribution is 2.37. The highest BCUT2D eigenvalue weighted by atomic mass is 79.9. The Morgan fingerprint density at radius 3 is 3.05 bits per heavy atom. The molecule has 1 aliphatic rings. The summed E-state index contributed by atoms with van der Waals surface area (Å²) in [5, 5.41) is 4.01. The Labute approximate surface area is 136 Å². The van der Waals surface area contributed by atoms with Gasteiger partial charge >= 0.3 is 0 Å². The summed E-state index contributed by atoms with van der Waals surface area (Å²) in [6.07, 6.45) is 0.836. The maximum absolute atomic E-state index is 13.8. The van der Waals surface area contributed by atoms with Gasteiger partial charge in [-0.25, -0.2) is 4.39 Å². The smallest absolute Gasteiger partial charge is 0.142 e. The van der Waals surface area contributed by atoms with Crippen molar-refractivity contribution < 1.29 is 9.13 Å². The van der Waals surface area contributed by atoms with Gasteiger partial charge in [-0.3, -0.25) is 0 Å². The van der Waals surface area contributed by atoms with Crippen molar-refractivity contribution in [2.75, 3.05) is 6.61 Å². The molecule has 21 heavy (non-hydrogen) atoms. The van der Waals surface area contributed by atoms with Gasteiger partial charge in [-0.1, -0.05) is 39.7 Å². The molecule has 0 aliphatic carbocycles. The summed E-state index contributed by atoms with van der Waals surface area (Å²) in [6, 6.07) is 10.8. The van der Waals surface area contributed by atoms with E-state index in [2.05, 4.69) is 21.2 Å². The Kier molecular flexibility index (Phi) is 4.48. The fourth-order valence-corrected chi connectivity index (χ4v) is 3.16. The van der Waals surface area contributed by atoms with Crippen molar-refractivity contribution in [2.45, 2.75) is 19.0 Å². The van der Waals surface area contributed by atoms with Crippen molar-refractivity contribution in [1.29, 1.82) is 0 Å². The third-order valence-electron chi connectivity index (χ3n) is 3.57. The molecular weight excluding hydrogens is 357 g/mol. The Balaban J connectivity index is 1.78. The predicted molar refractivity (Wildman–Crippen MR) is 85.2 cm³/mol. The van der Waals surface area contributed by atoms with Crippen molar-refractivity contribution in [1.82, 2.24) is 5.32 Å². The first-order chi connectivity index (χ1) is 10.1. The van der Waals surface area contributed by atoms with E-state index < -0.39 is 0 Å². The summed E-state index contributed by atoms with van der Waals surface area (Å²) in [5.74, 6) is 0.529. The van der Waals surface area contributed by atoms with E-state index in [0.717, 1.165) is 22.2 Å². The number of ether oxygens (including phenoxy) is 1. The van der Waals surface area contributed by atoms with Crippen LogP contribution in [-0.2, 0) is 6.54 Å². The molecule has 2 aromatic rings. The zero-order valence-corrected chi connectivity index (χ0v) is 13.5. The van der Waals surface area contributed by atoms with E-state index in [1.54, 1.807) is 12.1 Å². The van der Waals surface area contributed by atoms with Gasteiger partial charge in [-0.05, 0) is 24.3 Å². The molecule has 0 fully saturated rings. The van der Waals surface area contributed by atoms with Gasteiger partial charge in [0.2, 0.25) is 0 Å². The Morgan fingerprint density at radius 2 is 2.19 bits per heavy atom. The second-order valence-electron chi connectivity index (χ2n) is 4.96. The SMILES string of the molecule is Fc1ccc(Br)cc1CNC1CCOc2c(Cl)cccc21. The van der Waals surface area contributed by atoms with Crippen LogP contribution in [0.1, 0.15) is 23.6 Å². The number of benzene rings is 2. The molecule has 5 heteroatoms. The van der Waals surface area contributed by atoms with Crippen LogP contribution in [0.4, 0.5) is 4.39 Å². The van der Waals surface area contributed by atoms with Gasteiger partial charge in [0.15, 0.2) is 0 Å². The molecule has 1 atom stereocenters. The molecule has 0 spiro atoms. The minimum atomic E-state index is -0.205. The molecule has 0 bridgehead atoms. The molecule has 0 saturated carbocycles. The minimum Gasteiger partial charge on any atom is -0.492 e. The van der Waals surface area contributed by atoms with Gasteiger partial charge in [0, 0.05) is 34.6 Å². The highest BCUT2D eigenvalue weighted by molar-refractivity contribution is 9.10. The average Bonchev–Trinajstić information content (AvgIpc) is 2.49. The quantitative estimate of drug-likeness (QED) is 0.833. The second-order valence-corrected chi connectivity index (χ2v) is 6.29. The minimum absolute atomic E-state index is 0.117. The zero-order chi connectivity index (χ0) is 14.8. The summed E-state index contributed by atoms with van der Waals surface area (Å²) in [6.45, 7) is 1.07. The van der Waals surface area contributed by atoms with Crippen LogP contribution < -0.4 is 10.1 Å². The first-order valence-electron chi connectivity index (χ1n) is 6.73. The van der Waals surface area contributed by atoms with E-state index in [9.17, 15) is 4.39 Å². The number of nitrogens with one attached hydrogen (secondary N) is 1. The molecule has 0 radical (unpaired) electrons. The second kappa shape index (κ2) is 6.34. The van der Waals surface area contributed by atoms with Gasteiger partial charge in [0.1, 0.15) is 11.6 Å². The molecule has 1 N–H and O–H groups in total. The molecule has 1 unspecified atom stereocenters. The normalized spacial score (nSPS) is 17.2. The molecule has 0 saturated heterocycles. The molecule has 0 amide bonds. The highest BCUT2D eigenvalue weighted by Gasteiger charge is 2.23. The summed E-state index contributed by atoms with van der Waals surface area (Å²) < 4.78 is 20.3. The lowest BCUT2D eigenvalue weighted by molar-refractivity contribution is 0.252. The van der Waals surface area contributed by atoms with E-state index in [4.69, 9.17) is 16.3 Å². The molecule has 2 aromatic carbocycles. The van der Waals surface area contributed by atoms with E-state index in [0.29, 0.717) is 23.7 Å². The number of para-hydroxylation sites is 1. The van der Waals surface area contributed by atoms with Gasteiger partial charge in [0.25, 0.3) is 0 Å². The summed E-state index contributed by atoms with van der Waals surface area (Å²) in [4.78, 5) is 0. The predicted octanol–water partition coefficient (Wildman–Crippen LogP) is 4.86. The standard InChI is InChI=1S/C16H14BrClFNO/c17-11-4-5-14(19)10(8-11)9-20-15-6-7-21-16-12(15)2-1-3-13(16)18/h1-5,8,15,20H,6-7,9H2. The fraction of sp³-hybridized carbons (Fsp3) is 0.250. The summed E-state index contributed by atoms with van der Waals surface area (Å²) >= 11 is 9.52. The van der Waals surface area contributed by atoms with Crippen molar-refractivity contribution in [3.63, 3.8) is 0 Å². The van der Waals surface area contributed by atoms with Crippen LogP contribution in [-0.4, -0.2) is 6.61 Å². The number of hydrogen-bond acceptors (Lipinski definition) is 2. The van der Waals surface area contributed by atoms with E-state index in [-0.39, 0.29) is 11.9 Å². The monoisotopic (exact) mass is 369 g/mol. The van der Waals surface area contributed by atoms with Gasteiger partial charge in [-0.2, -0.15) is 0 Å². The Morgan fingerprint density at radius 1 is 1.33 bits per heavy atom. The number of hydrogen-bond donors (Lipinski definition) is 1. The van der Waals surface area contributed by atoms with Gasteiger partial charge in [0.05, 0.1) is 11.6 Å². The molecule has 110 valence electrons. The van der Waals surface area contributed by atoms with E-state index >= 15 is 0 Å². The molecule has 1 heterocycles. The Bertz CT molecular complexity index is 665. The lowest BCUT2D eigenvalue weighted by Gasteiger charge is -2.27. The lowest BCUT2D eigenvalue weighted by atomic mass is 10.00. The first kappa shape index (κ1) is 14.8. The third-order valence-corrected chi connectivity index (χ3v) is 4.36. The van der Waals surface area contributed by atoms with Crippen molar-refractivity contribution in [2.24, 2.45) is 0 Å². The summed E-state index contributed by atoms with van der Waals surface area (Å²) in [5.41, 5.74) is 1.67. The maximum atomic E-state index is 13.8. The van der Waals surface area contributed by atoms with Crippen LogP contribution in [0.5, 0.6) is 5.75 Å². The lowest BCUT2D eigenvalue weighted by Crippen LogP contribution is -2.27. The van der Waals surface area contributed by atoms with Gasteiger partial charge < -0.3 is 10.1 Å². The van der Waals surface area contributed by atoms with Crippen molar-refractivity contribution in [3.8, 4) is 5.75 Å². The van der Waals surface area contributed by atoms with E-state index in [1.165, 1.54) is 6.07 Å². The van der Waals surface area contributed by atoms with Crippen LogP contribution in [0.15, 0.2) is 40.9 Å². The largest absolute Gasteiger partial charge is 0.492 e. The van der Waals surface area contributed by atoms with Crippen molar-refractivity contribution >= 4 is 27.5 Å². The molecule has 3 rings (SSSR count). The average molecular weight is 371 g/mol. The zero-order valence-electron chi connectivity index (χ0n) is 11.2. The third kappa shape index (κ3) is 3.23. The molecular formula is C16H14BrClFNO. The number of rotatable bonds is 3. The number of halogens is 3. The first-order valence-corrected chi connectivity index (χ1v) is 7.91. The maximum Gasteiger partial charge on any atom is 0.142 e. The summed E-state index contributed by atoms with van der Waals surface area (Å²) in [7, 11) is 0. The van der Waals surface area contributed by atoms with Crippen LogP contribution in [0.2, 0.25) is 5.02 Å². The Hall–Kier alpha value is -1.10. The molecule has 1 aliphatic heterocycles. The fourth-order valence-electron chi connectivity index (χ4n) is 2.51. The molecule has 0 aromatic heterocycles. The van der Waals surface area contributed by atoms with Gasteiger partial charge in [-0.15, -0.1) is 0 Å². The number of fused-ring (bicyclic) bond motifs is 1. The van der Waals surface area contributed by atoms with Crippen LogP contribution in [0, 0.1) is 5.82 Å².